The van der Waals surface area contributed by atoms with Crippen LogP contribution in [0.15, 0.2) is 40.9 Å². The normalized spacial score (nSPS) is 20.5. The van der Waals surface area contributed by atoms with Crippen molar-refractivity contribution in [2.24, 2.45) is 0 Å². The first-order valence-corrected chi connectivity index (χ1v) is 11.7. The van der Waals surface area contributed by atoms with Crippen LogP contribution in [-0.4, -0.2) is 48.1 Å². The van der Waals surface area contributed by atoms with E-state index in [4.69, 9.17) is 4.52 Å². The molecule has 5 rings (SSSR count). The summed E-state index contributed by atoms with van der Waals surface area (Å²) in [6.07, 6.45) is 3.85. The number of carbonyl (C=O) groups excluding carboxylic acids is 1. The number of benzene rings is 2. The highest BCUT2D eigenvalue weighted by Crippen LogP contribution is 2.46. The van der Waals surface area contributed by atoms with Gasteiger partial charge in [-0.1, -0.05) is 30.3 Å². The predicted octanol–water partition coefficient (Wildman–Crippen LogP) is 4.73. The minimum atomic E-state index is -0.301. The Morgan fingerprint density at radius 1 is 1.28 bits per heavy atom. The third kappa shape index (κ3) is 3.81. The largest absolute Gasteiger partial charge is 0.360 e. The SMILES string of the molecule is CCc1cccc2c1N(CC(C)=O)C1CCN(CCCc3noc4cc(F)ccc34)CC21. The molecular weight excluding hydrogens is 405 g/mol. The number of piperidine rings is 1. The van der Waals surface area contributed by atoms with Gasteiger partial charge < -0.3 is 14.3 Å². The lowest BCUT2D eigenvalue weighted by atomic mass is 9.88. The van der Waals surface area contributed by atoms with E-state index in [1.165, 1.54) is 28.9 Å². The van der Waals surface area contributed by atoms with Crippen molar-refractivity contribution in [3.8, 4) is 0 Å². The summed E-state index contributed by atoms with van der Waals surface area (Å²) in [6.45, 7) is 7.44. The lowest BCUT2D eigenvalue weighted by Gasteiger charge is -2.39. The zero-order valence-electron chi connectivity index (χ0n) is 18.8. The van der Waals surface area contributed by atoms with E-state index < -0.39 is 0 Å². The van der Waals surface area contributed by atoms with Gasteiger partial charge in [0.25, 0.3) is 0 Å². The standard InChI is InChI=1S/C26H30FN3O2/c1-3-18-6-4-7-20-22-16-29(13-11-24(22)30(26(18)20)15-17(2)31)12-5-8-23-21-10-9-19(27)14-25(21)32-28-23/h4,6-7,9-10,14,22,24H,3,5,8,11-13,15-16H2,1-2H3. The second-order valence-electron chi connectivity index (χ2n) is 9.17. The summed E-state index contributed by atoms with van der Waals surface area (Å²) in [5.74, 6) is 0.370. The van der Waals surface area contributed by atoms with Crippen LogP contribution in [0.25, 0.3) is 11.0 Å². The summed E-state index contributed by atoms with van der Waals surface area (Å²) in [5.41, 5.74) is 5.48. The average Bonchev–Trinajstić information content (AvgIpc) is 3.32. The van der Waals surface area contributed by atoms with Crippen molar-refractivity contribution in [2.45, 2.75) is 51.5 Å². The van der Waals surface area contributed by atoms with E-state index in [2.05, 4.69) is 40.1 Å². The number of rotatable bonds is 7. The first-order valence-electron chi connectivity index (χ1n) is 11.7. The van der Waals surface area contributed by atoms with Crippen molar-refractivity contribution < 1.29 is 13.7 Å². The Labute approximate surface area is 188 Å². The number of aryl methyl sites for hydroxylation is 2. The molecule has 0 N–H and O–H groups in total. The van der Waals surface area contributed by atoms with Gasteiger partial charge in [0.15, 0.2) is 5.58 Å². The number of ketones is 1. The third-order valence-corrected chi connectivity index (χ3v) is 7.07. The average molecular weight is 436 g/mol. The number of hydrogen-bond donors (Lipinski definition) is 0. The molecule has 5 nitrogen and oxygen atoms in total. The fraction of sp³-hybridized carbons (Fsp3) is 0.462. The van der Waals surface area contributed by atoms with Gasteiger partial charge in [-0.2, -0.15) is 0 Å². The number of hydrogen-bond acceptors (Lipinski definition) is 5. The molecule has 1 saturated heterocycles. The van der Waals surface area contributed by atoms with Crippen LogP contribution < -0.4 is 4.90 Å². The number of likely N-dealkylation sites (tertiary alicyclic amines) is 1. The monoisotopic (exact) mass is 435 g/mol. The molecule has 2 unspecified atom stereocenters. The number of fused-ring (bicyclic) bond motifs is 4. The van der Waals surface area contributed by atoms with Gasteiger partial charge in [0, 0.05) is 42.2 Å². The Kier molecular flexibility index (Phi) is 5.72. The van der Waals surface area contributed by atoms with Crippen LogP contribution >= 0.6 is 0 Å². The number of Topliss-reactive ketones (excluding diaryl/α,β-unsaturated/α-hetero) is 1. The molecule has 6 heteroatoms. The van der Waals surface area contributed by atoms with Crippen LogP contribution in [0, 0.1) is 5.82 Å². The summed E-state index contributed by atoms with van der Waals surface area (Å²) in [6, 6.07) is 11.7. The molecule has 2 aliphatic heterocycles. The van der Waals surface area contributed by atoms with Crippen molar-refractivity contribution in [1.29, 1.82) is 0 Å². The van der Waals surface area contributed by atoms with Gasteiger partial charge in [0.1, 0.15) is 11.6 Å². The number of carbonyl (C=O) groups is 1. The van der Waals surface area contributed by atoms with E-state index in [-0.39, 0.29) is 11.6 Å². The lowest BCUT2D eigenvalue weighted by molar-refractivity contribution is -0.115. The van der Waals surface area contributed by atoms with Gasteiger partial charge in [-0.25, -0.2) is 4.39 Å². The number of halogens is 1. The Hall–Kier alpha value is -2.73. The molecule has 0 radical (unpaired) electrons. The Bertz CT molecular complexity index is 1140. The molecule has 0 saturated carbocycles. The fourth-order valence-corrected chi connectivity index (χ4v) is 5.65. The lowest BCUT2D eigenvalue weighted by Crippen LogP contribution is -2.47. The second kappa shape index (κ2) is 8.66. The van der Waals surface area contributed by atoms with E-state index in [9.17, 15) is 9.18 Å². The van der Waals surface area contributed by atoms with E-state index >= 15 is 0 Å². The molecular formula is C26H30FN3O2. The van der Waals surface area contributed by atoms with Crippen molar-refractivity contribution in [1.82, 2.24) is 10.1 Å². The highest BCUT2D eigenvalue weighted by Gasteiger charge is 2.42. The van der Waals surface area contributed by atoms with Crippen molar-refractivity contribution in [3.05, 3.63) is 59.0 Å². The maximum Gasteiger partial charge on any atom is 0.170 e. The molecule has 1 aromatic heterocycles. The molecule has 0 aliphatic carbocycles. The first kappa shape index (κ1) is 21.1. The van der Waals surface area contributed by atoms with Gasteiger partial charge in [0.2, 0.25) is 0 Å². The molecule has 0 amide bonds. The molecule has 3 aromatic rings. The van der Waals surface area contributed by atoms with Gasteiger partial charge in [0.05, 0.1) is 12.2 Å². The zero-order valence-corrected chi connectivity index (χ0v) is 18.8. The van der Waals surface area contributed by atoms with Gasteiger partial charge in [-0.15, -0.1) is 0 Å². The zero-order chi connectivity index (χ0) is 22.2. The summed E-state index contributed by atoms with van der Waals surface area (Å²) in [5, 5.41) is 5.06. The topological polar surface area (TPSA) is 49.6 Å². The molecule has 2 aromatic carbocycles. The summed E-state index contributed by atoms with van der Waals surface area (Å²) in [4.78, 5) is 17.0. The van der Waals surface area contributed by atoms with Crippen LogP contribution in [0.3, 0.4) is 0 Å². The molecule has 0 spiro atoms. The summed E-state index contributed by atoms with van der Waals surface area (Å²) >= 11 is 0. The molecule has 2 aliphatic rings. The molecule has 32 heavy (non-hydrogen) atoms. The van der Waals surface area contributed by atoms with Crippen molar-refractivity contribution in [2.75, 3.05) is 31.1 Å². The minimum absolute atomic E-state index is 0.227. The van der Waals surface area contributed by atoms with E-state index in [0.29, 0.717) is 24.1 Å². The minimum Gasteiger partial charge on any atom is -0.360 e. The molecule has 2 atom stereocenters. The number of nitrogens with zero attached hydrogens (tertiary/aromatic N) is 3. The number of para-hydroxylation sites is 1. The number of anilines is 1. The summed E-state index contributed by atoms with van der Waals surface area (Å²) in [7, 11) is 0. The summed E-state index contributed by atoms with van der Waals surface area (Å²) < 4.78 is 18.7. The van der Waals surface area contributed by atoms with E-state index in [0.717, 1.165) is 56.4 Å². The highest BCUT2D eigenvalue weighted by molar-refractivity contribution is 5.83. The van der Waals surface area contributed by atoms with E-state index in [1.54, 1.807) is 13.0 Å². The smallest absolute Gasteiger partial charge is 0.170 e. The van der Waals surface area contributed by atoms with Gasteiger partial charge in [-0.3, -0.25) is 4.79 Å². The van der Waals surface area contributed by atoms with Gasteiger partial charge in [-0.05, 0) is 62.4 Å². The van der Waals surface area contributed by atoms with Gasteiger partial charge >= 0.3 is 0 Å². The van der Waals surface area contributed by atoms with Crippen LogP contribution in [0.1, 0.15) is 49.4 Å². The number of aromatic nitrogens is 1. The predicted molar refractivity (Wildman–Crippen MR) is 124 cm³/mol. The Balaban J connectivity index is 1.27. The Morgan fingerprint density at radius 2 is 2.16 bits per heavy atom. The molecule has 3 heterocycles. The molecule has 0 bridgehead atoms. The Morgan fingerprint density at radius 3 is 2.97 bits per heavy atom. The maximum absolute atomic E-state index is 13.4. The molecule has 168 valence electrons. The van der Waals surface area contributed by atoms with Crippen LogP contribution in [-0.2, 0) is 17.6 Å². The van der Waals surface area contributed by atoms with Crippen LogP contribution in [0.5, 0.6) is 0 Å². The second-order valence-corrected chi connectivity index (χ2v) is 9.17. The highest BCUT2D eigenvalue weighted by atomic mass is 19.1. The third-order valence-electron chi connectivity index (χ3n) is 7.07. The maximum atomic E-state index is 13.4. The van der Waals surface area contributed by atoms with Crippen molar-refractivity contribution >= 4 is 22.4 Å². The quantitative estimate of drug-likeness (QED) is 0.537. The van der Waals surface area contributed by atoms with Crippen LogP contribution in [0.4, 0.5) is 10.1 Å². The molecule has 1 fully saturated rings. The first-order chi connectivity index (χ1) is 15.5. The van der Waals surface area contributed by atoms with E-state index in [1.807, 2.05) is 0 Å². The van der Waals surface area contributed by atoms with Crippen LogP contribution in [0.2, 0.25) is 0 Å². The fourth-order valence-electron chi connectivity index (χ4n) is 5.65. The van der Waals surface area contributed by atoms with Crippen molar-refractivity contribution in [3.63, 3.8) is 0 Å².